The van der Waals surface area contributed by atoms with E-state index in [1.165, 1.54) is 7.11 Å². The lowest BCUT2D eigenvalue weighted by atomic mass is 10.1. The Morgan fingerprint density at radius 1 is 1.19 bits per heavy atom. The maximum Gasteiger partial charge on any atom is 0.328 e. The molecule has 5 heteroatoms. The molecular weight excluding hydrogens is 266 g/mol. The van der Waals surface area contributed by atoms with Gasteiger partial charge in [0, 0.05) is 12.1 Å². The molecular formula is C16H17N3O2. The van der Waals surface area contributed by atoms with E-state index in [0.717, 1.165) is 36.5 Å². The number of aromatic nitrogens is 2. The Morgan fingerprint density at radius 3 is 2.67 bits per heavy atom. The number of rotatable bonds is 3. The molecule has 0 aliphatic carbocycles. The van der Waals surface area contributed by atoms with E-state index in [4.69, 9.17) is 4.74 Å². The molecule has 3 rings (SSSR count). The van der Waals surface area contributed by atoms with Crippen molar-refractivity contribution in [1.82, 2.24) is 10.2 Å². The van der Waals surface area contributed by atoms with E-state index in [1.807, 2.05) is 47.4 Å². The van der Waals surface area contributed by atoms with Gasteiger partial charge in [-0.25, -0.2) is 4.79 Å². The third-order valence-corrected chi connectivity index (χ3v) is 3.74. The van der Waals surface area contributed by atoms with Crippen LogP contribution in [0.4, 0.5) is 5.82 Å². The smallest absolute Gasteiger partial charge is 0.328 e. The van der Waals surface area contributed by atoms with Crippen LogP contribution in [0.1, 0.15) is 12.8 Å². The molecule has 5 nitrogen and oxygen atoms in total. The molecule has 2 heterocycles. The van der Waals surface area contributed by atoms with Crippen molar-refractivity contribution >= 4 is 11.8 Å². The van der Waals surface area contributed by atoms with Crippen molar-refractivity contribution in [3.05, 3.63) is 42.5 Å². The molecule has 2 aromatic rings. The van der Waals surface area contributed by atoms with Crippen molar-refractivity contribution in [2.45, 2.75) is 18.9 Å². The highest BCUT2D eigenvalue weighted by Crippen LogP contribution is 2.25. The highest BCUT2D eigenvalue weighted by atomic mass is 16.5. The molecule has 1 fully saturated rings. The molecule has 0 amide bonds. The first-order chi connectivity index (χ1) is 10.3. The van der Waals surface area contributed by atoms with Gasteiger partial charge in [-0.1, -0.05) is 30.3 Å². The van der Waals surface area contributed by atoms with Crippen LogP contribution < -0.4 is 4.90 Å². The van der Waals surface area contributed by atoms with E-state index in [2.05, 4.69) is 10.2 Å². The van der Waals surface area contributed by atoms with Gasteiger partial charge in [-0.15, -0.1) is 10.2 Å². The van der Waals surface area contributed by atoms with E-state index in [-0.39, 0.29) is 12.0 Å². The number of hydrogen-bond donors (Lipinski definition) is 0. The van der Waals surface area contributed by atoms with Gasteiger partial charge in [0.05, 0.1) is 12.8 Å². The Balaban J connectivity index is 1.82. The molecule has 0 radical (unpaired) electrons. The minimum absolute atomic E-state index is 0.207. The van der Waals surface area contributed by atoms with Crippen LogP contribution in [-0.2, 0) is 9.53 Å². The normalized spacial score (nSPS) is 17.8. The van der Waals surface area contributed by atoms with Crippen LogP contribution >= 0.6 is 0 Å². The Morgan fingerprint density at radius 2 is 2.00 bits per heavy atom. The molecule has 1 saturated heterocycles. The zero-order valence-electron chi connectivity index (χ0n) is 11.9. The minimum atomic E-state index is -0.244. The maximum absolute atomic E-state index is 11.8. The molecule has 0 N–H and O–H groups in total. The zero-order valence-corrected chi connectivity index (χ0v) is 11.9. The van der Waals surface area contributed by atoms with Crippen molar-refractivity contribution in [3.8, 4) is 11.3 Å². The van der Waals surface area contributed by atoms with E-state index < -0.39 is 0 Å². The fourth-order valence-electron chi connectivity index (χ4n) is 2.66. The molecule has 108 valence electrons. The van der Waals surface area contributed by atoms with Gasteiger partial charge in [-0.05, 0) is 25.0 Å². The number of carbonyl (C=O) groups is 1. The average Bonchev–Trinajstić information content (AvgIpc) is 3.05. The summed E-state index contributed by atoms with van der Waals surface area (Å²) in [5, 5.41) is 8.54. The van der Waals surface area contributed by atoms with Gasteiger partial charge in [0.15, 0.2) is 5.82 Å². The third-order valence-electron chi connectivity index (χ3n) is 3.74. The summed E-state index contributed by atoms with van der Waals surface area (Å²) in [5.41, 5.74) is 1.86. The fourth-order valence-corrected chi connectivity index (χ4v) is 2.66. The highest BCUT2D eigenvalue weighted by Gasteiger charge is 2.32. The van der Waals surface area contributed by atoms with Crippen LogP contribution in [0.3, 0.4) is 0 Å². The predicted molar refractivity (Wildman–Crippen MR) is 79.9 cm³/mol. The number of anilines is 1. The Bertz CT molecular complexity index is 613. The predicted octanol–water partition coefficient (Wildman–Crippen LogP) is 2.29. The number of methoxy groups -OCH3 is 1. The molecule has 0 unspecified atom stereocenters. The van der Waals surface area contributed by atoms with Gasteiger partial charge in [-0.3, -0.25) is 0 Å². The molecule has 1 aliphatic rings. The van der Waals surface area contributed by atoms with Crippen molar-refractivity contribution < 1.29 is 9.53 Å². The molecule has 1 atom stereocenters. The van der Waals surface area contributed by atoms with Crippen LogP contribution in [0.25, 0.3) is 11.3 Å². The first kappa shape index (κ1) is 13.5. The number of hydrogen-bond acceptors (Lipinski definition) is 5. The lowest BCUT2D eigenvalue weighted by molar-refractivity contribution is -0.141. The second-order valence-corrected chi connectivity index (χ2v) is 5.02. The van der Waals surface area contributed by atoms with Crippen LogP contribution in [0.2, 0.25) is 0 Å². The Labute approximate surface area is 123 Å². The summed E-state index contributed by atoms with van der Waals surface area (Å²) in [6.45, 7) is 0.805. The number of carbonyl (C=O) groups excluding carboxylic acids is 1. The standard InChI is InChI=1S/C16H17N3O2/c1-21-16(20)14-8-5-11-19(14)15-10-9-13(17-18-15)12-6-3-2-4-7-12/h2-4,6-7,9-10,14H,5,8,11H2,1H3/t14-/m0/s1. The van der Waals surface area contributed by atoms with Crippen LogP contribution in [0.15, 0.2) is 42.5 Å². The number of esters is 1. The number of nitrogens with zero attached hydrogens (tertiary/aromatic N) is 3. The van der Waals surface area contributed by atoms with Gasteiger partial charge < -0.3 is 9.64 Å². The molecule has 0 bridgehead atoms. The number of ether oxygens (including phenoxy) is 1. The molecule has 1 aromatic carbocycles. The van der Waals surface area contributed by atoms with Crippen molar-refractivity contribution in [2.24, 2.45) is 0 Å². The summed E-state index contributed by atoms with van der Waals surface area (Å²) in [6.07, 6.45) is 1.76. The average molecular weight is 283 g/mol. The molecule has 1 aromatic heterocycles. The second-order valence-electron chi connectivity index (χ2n) is 5.02. The van der Waals surface area contributed by atoms with Crippen LogP contribution in [0.5, 0.6) is 0 Å². The summed E-state index contributed by atoms with van der Waals surface area (Å²) in [5.74, 6) is 0.518. The molecule has 0 saturated carbocycles. The van der Waals surface area contributed by atoms with Crippen molar-refractivity contribution in [2.75, 3.05) is 18.6 Å². The monoisotopic (exact) mass is 283 g/mol. The van der Waals surface area contributed by atoms with Gasteiger partial charge in [0.1, 0.15) is 6.04 Å². The fraction of sp³-hybridized carbons (Fsp3) is 0.312. The summed E-state index contributed by atoms with van der Waals surface area (Å²) < 4.78 is 4.85. The van der Waals surface area contributed by atoms with Crippen molar-refractivity contribution in [1.29, 1.82) is 0 Å². The van der Waals surface area contributed by atoms with Gasteiger partial charge >= 0.3 is 5.97 Å². The van der Waals surface area contributed by atoms with Gasteiger partial charge in [0.2, 0.25) is 0 Å². The van der Waals surface area contributed by atoms with E-state index >= 15 is 0 Å². The highest BCUT2D eigenvalue weighted by molar-refractivity contribution is 5.80. The molecule has 21 heavy (non-hydrogen) atoms. The summed E-state index contributed by atoms with van der Waals surface area (Å²) in [7, 11) is 1.42. The Kier molecular flexibility index (Phi) is 3.81. The van der Waals surface area contributed by atoms with E-state index in [1.54, 1.807) is 0 Å². The minimum Gasteiger partial charge on any atom is -0.467 e. The third kappa shape index (κ3) is 2.72. The largest absolute Gasteiger partial charge is 0.467 e. The Hall–Kier alpha value is -2.43. The SMILES string of the molecule is COC(=O)[C@@H]1CCCN1c1ccc(-c2ccccc2)nn1. The zero-order chi connectivity index (χ0) is 14.7. The first-order valence-corrected chi connectivity index (χ1v) is 7.03. The van der Waals surface area contributed by atoms with Gasteiger partial charge in [-0.2, -0.15) is 0 Å². The summed E-state index contributed by atoms with van der Waals surface area (Å²) in [6, 6.07) is 13.5. The molecule has 0 spiro atoms. The molecule has 1 aliphatic heterocycles. The quantitative estimate of drug-likeness (QED) is 0.809. The first-order valence-electron chi connectivity index (χ1n) is 7.03. The second kappa shape index (κ2) is 5.91. The lowest BCUT2D eigenvalue weighted by Crippen LogP contribution is -2.37. The topological polar surface area (TPSA) is 55.3 Å². The van der Waals surface area contributed by atoms with E-state index in [0.29, 0.717) is 0 Å². The summed E-state index contributed by atoms with van der Waals surface area (Å²) in [4.78, 5) is 13.7. The summed E-state index contributed by atoms with van der Waals surface area (Å²) >= 11 is 0. The number of benzene rings is 1. The van der Waals surface area contributed by atoms with Gasteiger partial charge in [0.25, 0.3) is 0 Å². The maximum atomic E-state index is 11.8. The van der Waals surface area contributed by atoms with Crippen LogP contribution in [0, 0.1) is 0 Å². The lowest BCUT2D eigenvalue weighted by Gasteiger charge is -2.23. The van der Waals surface area contributed by atoms with Crippen LogP contribution in [-0.4, -0.2) is 35.9 Å². The van der Waals surface area contributed by atoms with E-state index in [9.17, 15) is 4.79 Å². The van der Waals surface area contributed by atoms with Crippen molar-refractivity contribution in [3.63, 3.8) is 0 Å².